The standard InChI is InChI=1S/C12H26N2O2/c1-13-8-12(10-16-3)14-6-4-11(5-7-14)9-15-2/h11-13H,4-10H2,1-3H3. The quantitative estimate of drug-likeness (QED) is 0.694. The van der Waals surface area contributed by atoms with E-state index in [0.717, 1.165) is 25.7 Å². The van der Waals surface area contributed by atoms with Crippen LogP contribution in [0, 0.1) is 5.92 Å². The van der Waals surface area contributed by atoms with E-state index in [-0.39, 0.29) is 0 Å². The Morgan fingerprint density at radius 2 is 1.94 bits per heavy atom. The third-order valence-electron chi connectivity index (χ3n) is 3.37. The van der Waals surface area contributed by atoms with Gasteiger partial charge in [-0.25, -0.2) is 0 Å². The number of ether oxygens (including phenoxy) is 2. The molecule has 0 aliphatic carbocycles. The van der Waals surface area contributed by atoms with E-state index in [1.165, 1.54) is 25.9 Å². The van der Waals surface area contributed by atoms with Gasteiger partial charge in [-0.05, 0) is 38.9 Å². The van der Waals surface area contributed by atoms with Crippen molar-refractivity contribution in [2.75, 3.05) is 54.1 Å². The van der Waals surface area contributed by atoms with Gasteiger partial charge in [0.25, 0.3) is 0 Å². The second-order valence-corrected chi connectivity index (χ2v) is 4.60. The van der Waals surface area contributed by atoms with Crippen LogP contribution in [0.25, 0.3) is 0 Å². The third kappa shape index (κ3) is 4.37. The number of piperidine rings is 1. The molecule has 96 valence electrons. The first-order valence-electron chi connectivity index (χ1n) is 6.18. The minimum atomic E-state index is 0.512. The van der Waals surface area contributed by atoms with Crippen molar-refractivity contribution in [1.29, 1.82) is 0 Å². The van der Waals surface area contributed by atoms with Crippen LogP contribution in [0.15, 0.2) is 0 Å². The molecule has 1 unspecified atom stereocenters. The van der Waals surface area contributed by atoms with Crippen molar-refractivity contribution < 1.29 is 9.47 Å². The van der Waals surface area contributed by atoms with Crippen molar-refractivity contribution in [3.05, 3.63) is 0 Å². The van der Waals surface area contributed by atoms with Crippen LogP contribution < -0.4 is 5.32 Å². The molecule has 1 aliphatic rings. The molecule has 1 atom stereocenters. The van der Waals surface area contributed by atoms with Crippen LogP contribution in [0.2, 0.25) is 0 Å². The summed E-state index contributed by atoms with van der Waals surface area (Å²) in [4.78, 5) is 2.53. The van der Waals surface area contributed by atoms with Gasteiger partial charge < -0.3 is 14.8 Å². The molecule has 1 fully saturated rings. The average molecular weight is 230 g/mol. The van der Waals surface area contributed by atoms with Gasteiger partial charge in [0.2, 0.25) is 0 Å². The second kappa shape index (κ2) is 8.01. The van der Waals surface area contributed by atoms with E-state index < -0.39 is 0 Å². The van der Waals surface area contributed by atoms with E-state index in [9.17, 15) is 0 Å². The number of hydrogen-bond donors (Lipinski definition) is 1. The highest BCUT2D eigenvalue weighted by Crippen LogP contribution is 2.19. The average Bonchev–Trinajstić information content (AvgIpc) is 2.30. The monoisotopic (exact) mass is 230 g/mol. The van der Waals surface area contributed by atoms with Crippen LogP contribution in [0.4, 0.5) is 0 Å². The van der Waals surface area contributed by atoms with Crippen molar-refractivity contribution in [3.63, 3.8) is 0 Å². The molecule has 0 amide bonds. The van der Waals surface area contributed by atoms with Gasteiger partial charge in [0.05, 0.1) is 6.61 Å². The maximum absolute atomic E-state index is 5.28. The highest BCUT2D eigenvalue weighted by atomic mass is 16.5. The Morgan fingerprint density at radius 1 is 1.25 bits per heavy atom. The van der Waals surface area contributed by atoms with Crippen molar-refractivity contribution in [1.82, 2.24) is 10.2 Å². The Kier molecular flexibility index (Phi) is 6.96. The predicted molar refractivity (Wildman–Crippen MR) is 65.8 cm³/mol. The molecule has 1 N–H and O–H groups in total. The molecule has 0 saturated carbocycles. The first-order valence-corrected chi connectivity index (χ1v) is 6.18. The molecule has 0 aromatic rings. The van der Waals surface area contributed by atoms with Gasteiger partial charge in [-0.2, -0.15) is 0 Å². The lowest BCUT2D eigenvalue weighted by atomic mass is 9.96. The third-order valence-corrected chi connectivity index (χ3v) is 3.37. The minimum Gasteiger partial charge on any atom is -0.384 e. The number of hydrogen-bond acceptors (Lipinski definition) is 4. The van der Waals surface area contributed by atoms with Crippen LogP contribution in [-0.4, -0.2) is 65.1 Å². The number of nitrogens with one attached hydrogen (secondary N) is 1. The molecule has 1 rings (SSSR count). The zero-order chi connectivity index (χ0) is 11.8. The van der Waals surface area contributed by atoms with Crippen molar-refractivity contribution in [2.24, 2.45) is 5.92 Å². The number of nitrogens with zero attached hydrogens (tertiary/aromatic N) is 1. The van der Waals surface area contributed by atoms with Crippen LogP contribution in [-0.2, 0) is 9.47 Å². The minimum absolute atomic E-state index is 0.512. The molecule has 0 aromatic heterocycles. The van der Waals surface area contributed by atoms with Gasteiger partial charge in [0.15, 0.2) is 0 Å². The van der Waals surface area contributed by atoms with Crippen LogP contribution in [0.5, 0.6) is 0 Å². The van der Waals surface area contributed by atoms with Gasteiger partial charge in [0, 0.05) is 33.4 Å². The Hall–Kier alpha value is -0.160. The first kappa shape index (κ1) is 13.9. The summed E-state index contributed by atoms with van der Waals surface area (Å²) in [6.45, 7) is 5.07. The van der Waals surface area contributed by atoms with Crippen LogP contribution in [0.1, 0.15) is 12.8 Å². The molecule has 1 aliphatic heterocycles. The first-order chi connectivity index (χ1) is 7.81. The summed E-state index contributed by atoms with van der Waals surface area (Å²) >= 11 is 0. The van der Waals surface area contributed by atoms with Crippen molar-refractivity contribution >= 4 is 0 Å². The normalized spacial score (nSPS) is 21.2. The fraction of sp³-hybridized carbons (Fsp3) is 1.00. The van der Waals surface area contributed by atoms with Crippen LogP contribution in [0.3, 0.4) is 0 Å². The smallest absolute Gasteiger partial charge is 0.0630 e. The molecule has 4 nitrogen and oxygen atoms in total. The highest BCUT2D eigenvalue weighted by molar-refractivity contribution is 4.79. The van der Waals surface area contributed by atoms with Crippen molar-refractivity contribution in [2.45, 2.75) is 18.9 Å². The fourth-order valence-electron chi connectivity index (χ4n) is 2.44. The van der Waals surface area contributed by atoms with Crippen LogP contribution >= 0.6 is 0 Å². The number of rotatable bonds is 7. The van der Waals surface area contributed by atoms with Gasteiger partial charge in [-0.1, -0.05) is 0 Å². The lowest BCUT2D eigenvalue weighted by molar-refractivity contribution is 0.0468. The molecule has 16 heavy (non-hydrogen) atoms. The summed E-state index contributed by atoms with van der Waals surface area (Å²) in [6.07, 6.45) is 2.50. The number of likely N-dealkylation sites (N-methyl/N-ethyl adjacent to an activating group) is 1. The number of likely N-dealkylation sites (tertiary alicyclic amines) is 1. The molecule has 0 radical (unpaired) electrons. The molecule has 4 heteroatoms. The predicted octanol–water partition coefficient (Wildman–Crippen LogP) is 0.579. The molecule has 0 spiro atoms. The van der Waals surface area contributed by atoms with Gasteiger partial charge in [-0.15, -0.1) is 0 Å². The topological polar surface area (TPSA) is 33.7 Å². The zero-order valence-electron chi connectivity index (χ0n) is 10.9. The summed E-state index contributed by atoms with van der Waals surface area (Å²) in [5, 5.41) is 3.24. The molecule has 1 heterocycles. The largest absolute Gasteiger partial charge is 0.384 e. The molecular weight excluding hydrogens is 204 g/mol. The van der Waals surface area contributed by atoms with E-state index in [4.69, 9.17) is 9.47 Å². The molecule has 0 aromatic carbocycles. The molecular formula is C12H26N2O2. The second-order valence-electron chi connectivity index (χ2n) is 4.60. The number of methoxy groups -OCH3 is 2. The summed E-state index contributed by atoms with van der Waals surface area (Å²) in [7, 11) is 5.57. The maximum atomic E-state index is 5.28. The summed E-state index contributed by atoms with van der Waals surface area (Å²) < 4.78 is 10.5. The van der Waals surface area contributed by atoms with Crippen molar-refractivity contribution in [3.8, 4) is 0 Å². The SMILES string of the molecule is CNCC(COC)N1CCC(COC)CC1. The van der Waals surface area contributed by atoms with E-state index in [1.54, 1.807) is 14.2 Å². The van der Waals surface area contributed by atoms with E-state index in [1.807, 2.05) is 7.05 Å². The zero-order valence-corrected chi connectivity index (χ0v) is 10.9. The lowest BCUT2D eigenvalue weighted by Gasteiger charge is -2.37. The van der Waals surface area contributed by atoms with E-state index in [0.29, 0.717) is 6.04 Å². The summed E-state index contributed by atoms with van der Waals surface area (Å²) in [5.41, 5.74) is 0. The highest BCUT2D eigenvalue weighted by Gasteiger charge is 2.24. The summed E-state index contributed by atoms with van der Waals surface area (Å²) in [6, 6.07) is 0.512. The van der Waals surface area contributed by atoms with E-state index in [2.05, 4.69) is 10.2 Å². The lowest BCUT2D eigenvalue weighted by Crippen LogP contribution is -2.48. The van der Waals surface area contributed by atoms with E-state index >= 15 is 0 Å². The Morgan fingerprint density at radius 3 is 2.44 bits per heavy atom. The van der Waals surface area contributed by atoms with Gasteiger partial charge >= 0.3 is 0 Å². The Labute approximate surface area is 99.3 Å². The molecule has 1 saturated heterocycles. The summed E-state index contributed by atoms with van der Waals surface area (Å²) in [5.74, 6) is 0.749. The van der Waals surface area contributed by atoms with Gasteiger partial charge in [0.1, 0.15) is 0 Å². The Balaban J connectivity index is 2.31. The Bertz CT molecular complexity index is 164. The molecule has 0 bridgehead atoms. The van der Waals surface area contributed by atoms with Gasteiger partial charge in [-0.3, -0.25) is 4.90 Å². The maximum Gasteiger partial charge on any atom is 0.0630 e. The fourth-order valence-corrected chi connectivity index (χ4v) is 2.44.